The van der Waals surface area contributed by atoms with Gasteiger partial charge in [0.15, 0.2) is 5.76 Å². The monoisotopic (exact) mass is 247 g/mol. The van der Waals surface area contributed by atoms with Crippen molar-refractivity contribution < 1.29 is 14.4 Å². The van der Waals surface area contributed by atoms with Gasteiger partial charge in [0.05, 0.1) is 6.20 Å². The summed E-state index contributed by atoms with van der Waals surface area (Å²) in [4.78, 5) is 11.3. The third-order valence-corrected chi connectivity index (χ3v) is 5.32. The van der Waals surface area contributed by atoms with Gasteiger partial charge >= 0.3 is 5.97 Å². The van der Waals surface area contributed by atoms with E-state index in [-0.39, 0.29) is 11.0 Å². The smallest absolute Gasteiger partial charge is 0.340 e. The predicted octanol–water partition coefficient (Wildman–Crippen LogP) is 2.84. The Bertz CT molecular complexity index is 470. The van der Waals surface area contributed by atoms with Crippen LogP contribution in [0.3, 0.4) is 0 Å². The summed E-state index contributed by atoms with van der Waals surface area (Å²) in [7, 11) is 0. The minimum Gasteiger partial charge on any atom is -0.478 e. The molecular formula is C14H17NO3. The van der Waals surface area contributed by atoms with Crippen LogP contribution < -0.4 is 0 Å². The Kier molecular flexibility index (Phi) is 1.98. The molecule has 4 saturated carbocycles. The molecule has 0 aliphatic heterocycles. The van der Waals surface area contributed by atoms with Crippen molar-refractivity contribution in [3.05, 3.63) is 17.5 Å². The van der Waals surface area contributed by atoms with Gasteiger partial charge in [-0.1, -0.05) is 5.16 Å². The zero-order chi connectivity index (χ0) is 12.3. The van der Waals surface area contributed by atoms with Crippen LogP contribution in [0.4, 0.5) is 0 Å². The van der Waals surface area contributed by atoms with E-state index in [1.54, 1.807) is 0 Å². The van der Waals surface area contributed by atoms with Crippen molar-refractivity contribution in [1.82, 2.24) is 5.16 Å². The third-order valence-electron chi connectivity index (χ3n) is 5.32. The Balaban J connectivity index is 1.79. The van der Waals surface area contributed by atoms with Crippen LogP contribution in [0.5, 0.6) is 0 Å². The van der Waals surface area contributed by atoms with E-state index < -0.39 is 5.97 Å². The fourth-order valence-corrected chi connectivity index (χ4v) is 5.16. The molecule has 0 atom stereocenters. The van der Waals surface area contributed by atoms with Crippen molar-refractivity contribution >= 4 is 5.97 Å². The molecular weight excluding hydrogens is 230 g/mol. The zero-order valence-corrected chi connectivity index (χ0v) is 10.3. The topological polar surface area (TPSA) is 63.3 Å². The van der Waals surface area contributed by atoms with Gasteiger partial charge in [-0.05, 0) is 56.3 Å². The second-order valence-corrected chi connectivity index (χ2v) is 6.57. The van der Waals surface area contributed by atoms with E-state index in [1.165, 1.54) is 25.5 Å². The van der Waals surface area contributed by atoms with E-state index in [1.807, 2.05) is 0 Å². The number of carboxylic acids is 1. The number of carboxylic acid groups (broad SMARTS) is 1. The highest BCUT2D eigenvalue weighted by molar-refractivity contribution is 5.88. The zero-order valence-electron chi connectivity index (χ0n) is 10.3. The lowest BCUT2D eigenvalue weighted by Gasteiger charge is -2.55. The van der Waals surface area contributed by atoms with E-state index in [9.17, 15) is 9.90 Å². The number of nitrogens with zero attached hydrogens (tertiary/aromatic N) is 1. The molecule has 4 fully saturated rings. The summed E-state index contributed by atoms with van der Waals surface area (Å²) in [6.07, 6.45) is 8.72. The molecule has 0 unspecified atom stereocenters. The van der Waals surface area contributed by atoms with E-state index in [0.29, 0.717) is 5.76 Å². The summed E-state index contributed by atoms with van der Waals surface area (Å²) in [5.74, 6) is 2.10. The van der Waals surface area contributed by atoms with Crippen LogP contribution in [0.2, 0.25) is 0 Å². The molecule has 0 radical (unpaired) electrons. The van der Waals surface area contributed by atoms with Gasteiger partial charge in [0, 0.05) is 5.41 Å². The van der Waals surface area contributed by atoms with Crippen LogP contribution in [0, 0.1) is 17.8 Å². The molecule has 4 bridgehead atoms. The fraction of sp³-hybridized carbons (Fsp3) is 0.714. The van der Waals surface area contributed by atoms with E-state index in [0.717, 1.165) is 37.0 Å². The normalized spacial score (nSPS) is 41.2. The lowest BCUT2D eigenvalue weighted by atomic mass is 9.49. The number of rotatable bonds is 2. The summed E-state index contributed by atoms with van der Waals surface area (Å²) in [6, 6.07) is 0. The number of carbonyl (C=O) groups is 1. The van der Waals surface area contributed by atoms with Crippen LogP contribution in [-0.4, -0.2) is 16.2 Å². The maximum atomic E-state index is 11.3. The van der Waals surface area contributed by atoms with Crippen molar-refractivity contribution in [2.75, 3.05) is 0 Å². The first-order valence-corrected chi connectivity index (χ1v) is 6.85. The van der Waals surface area contributed by atoms with Crippen molar-refractivity contribution in [1.29, 1.82) is 0 Å². The van der Waals surface area contributed by atoms with Gasteiger partial charge in [-0.15, -0.1) is 0 Å². The number of aromatic nitrogens is 1. The minimum absolute atomic E-state index is 0.0149. The van der Waals surface area contributed by atoms with Crippen LogP contribution in [0.15, 0.2) is 10.7 Å². The van der Waals surface area contributed by atoms with Gasteiger partial charge in [-0.3, -0.25) is 0 Å². The summed E-state index contributed by atoms with van der Waals surface area (Å²) in [6.45, 7) is 0. The summed E-state index contributed by atoms with van der Waals surface area (Å²) < 4.78 is 5.38. The number of hydrogen-bond donors (Lipinski definition) is 1. The molecule has 1 heterocycles. The van der Waals surface area contributed by atoms with Crippen LogP contribution in [-0.2, 0) is 5.41 Å². The van der Waals surface area contributed by atoms with Crippen molar-refractivity contribution in [2.45, 2.75) is 43.9 Å². The first kappa shape index (κ1) is 10.6. The maximum Gasteiger partial charge on any atom is 0.340 e. The van der Waals surface area contributed by atoms with Crippen LogP contribution in [0.1, 0.15) is 54.6 Å². The molecule has 0 amide bonds. The quantitative estimate of drug-likeness (QED) is 0.872. The molecule has 4 heteroatoms. The molecule has 4 nitrogen and oxygen atoms in total. The Labute approximate surface area is 105 Å². The maximum absolute atomic E-state index is 11.3. The van der Waals surface area contributed by atoms with E-state index >= 15 is 0 Å². The molecule has 0 spiro atoms. The SMILES string of the molecule is O=C(O)c1cnoc1C12CC3CC(CC(C3)C1)C2. The lowest BCUT2D eigenvalue weighted by Crippen LogP contribution is -2.48. The van der Waals surface area contributed by atoms with Gasteiger partial charge < -0.3 is 9.63 Å². The molecule has 5 rings (SSSR count). The molecule has 1 N–H and O–H groups in total. The van der Waals surface area contributed by atoms with Gasteiger partial charge in [0.2, 0.25) is 0 Å². The standard InChI is InChI=1S/C14H17NO3/c16-13(17)11-7-15-18-12(11)14-4-8-1-9(5-14)3-10(2-8)6-14/h7-10H,1-6H2,(H,16,17). The minimum atomic E-state index is -0.901. The fourth-order valence-electron chi connectivity index (χ4n) is 5.16. The largest absolute Gasteiger partial charge is 0.478 e. The molecule has 1 aromatic rings. The van der Waals surface area contributed by atoms with Gasteiger partial charge in [0.1, 0.15) is 5.56 Å². The molecule has 0 aromatic carbocycles. The Hall–Kier alpha value is -1.32. The molecule has 18 heavy (non-hydrogen) atoms. The molecule has 96 valence electrons. The van der Waals surface area contributed by atoms with Gasteiger partial charge in [-0.2, -0.15) is 0 Å². The summed E-state index contributed by atoms with van der Waals surface area (Å²) >= 11 is 0. The number of aromatic carboxylic acids is 1. The Morgan fingerprint density at radius 1 is 1.22 bits per heavy atom. The van der Waals surface area contributed by atoms with Crippen molar-refractivity contribution in [3.8, 4) is 0 Å². The van der Waals surface area contributed by atoms with Crippen molar-refractivity contribution in [3.63, 3.8) is 0 Å². The van der Waals surface area contributed by atoms with Crippen LogP contribution >= 0.6 is 0 Å². The average molecular weight is 247 g/mol. The first-order valence-electron chi connectivity index (χ1n) is 6.85. The molecule has 4 aliphatic carbocycles. The van der Waals surface area contributed by atoms with E-state index in [2.05, 4.69) is 5.16 Å². The summed E-state index contributed by atoms with van der Waals surface area (Å²) in [5, 5.41) is 13.0. The first-order chi connectivity index (χ1) is 8.66. The van der Waals surface area contributed by atoms with Crippen molar-refractivity contribution in [2.24, 2.45) is 17.8 Å². The highest BCUT2D eigenvalue weighted by Crippen LogP contribution is 2.61. The summed E-state index contributed by atoms with van der Waals surface area (Å²) in [5.41, 5.74) is 0.274. The van der Waals surface area contributed by atoms with Crippen LogP contribution in [0.25, 0.3) is 0 Å². The molecule has 1 aromatic heterocycles. The predicted molar refractivity (Wildman–Crippen MR) is 63.3 cm³/mol. The third kappa shape index (κ3) is 1.32. The molecule has 4 aliphatic rings. The average Bonchev–Trinajstić information content (AvgIpc) is 2.76. The second kappa shape index (κ2) is 3.37. The number of hydrogen-bond acceptors (Lipinski definition) is 3. The van der Waals surface area contributed by atoms with E-state index in [4.69, 9.17) is 4.52 Å². The highest BCUT2D eigenvalue weighted by atomic mass is 16.5. The Morgan fingerprint density at radius 3 is 2.28 bits per heavy atom. The lowest BCUT2D eigenvalue weighted by molar-refractivity contribution is -0.0182. The molecule has 0 saturated heterocycles. The Morgan fingerprint density at radius 2 is 1.78 bits per heavy atom. The highest BCUT2D eigenvalue weighted by Gasteiger charge is 2.54. The van der Waals surface area contributed by atoms with Gasteiger partial charge in [-0.25, -0.2) is 4.79 Å². The van der Waals surface area contributed by atoms with Gasteiger partial charge in [0.25, 0.3) is 0 Å². The second-order valence-electron chi connectivity index (χ2n) is 6.57.